The number of aromatic amines is 1. The number of para-hydroxylation sites is 1. The molecule has 3 aromatic rings. The number of methoxy groups -OCH3 is 1. The number of hydrazine groups is 1. The third-order valence-electron chi connectivity index (χ3n) is 3.63. The Labute approximate surface area is 137 Å². The van der Waals surface area contributed by atoms with Crippen molar-refractivity contribution in [3.05, 3.63) is 70.5 Å². The van der Waals surface area contributed by atoms with E-state index >= 15 is 0 Å². The van der Waals surface area contributed by atoms with Crippen LogP contribution in [0.15, 0.2) is 59.4 Å². The van der Waals surface area contributed by atoms with E-state index in [0.717, 1.165) is 5.56 Å². The molecular formula is C17H16N4O3. The summed E-state index contributed by atoms with van der Waals surface area (Å²) in [5.41, 5.74) is 4.41. The number of rotatable bonds is 4. The normalized spacial score (nSPS) is 10.4. The van der Waals surface area contributed by atoms with E-state index in [4.69, 9.17) is 10.6 Å². The fraction of sp³-hybridized carbons (Fsp3) is 0.0588. The van der Waals surface area contributed by atoms with Crippen LogP contribution in [-0.2, 0) is 0 Å². The first kappa shape index (κ1) is 15.6. The molecule has 0 saturated heterocycles. The topological polar surface area (TPSA) is 102 Å². The number of nitrogen functional groups attached to an aromatic ring is 1. The highest BCUT2D eigenvalue weighted by molar-refractivity contribution is 5.93. The van der Waals surface area contributed by atoms with Gasteiger partial charge in [-0.15, -0.1) is 0 Å². The maximum atomic E-state index is 11.9. The molecule has 1 aromatic heterocycles. The third kappa shape index (κ3) is 2.80. The second-order valence-electron chi connectivity index (χ2n) is 5.06. The molecule has 122 valence electrons. The molecule has 0 aliphatic rings. The molecule has 24 heavy (non-hydrogen) atoms. The molecule has 1 amide bonds. The number of amides is 1. The number of hydrogen-bond acceptors (Lipinski definition) is 4. The van der Waals surface area contributed by atoms with E-state index in [-0.39, 0.29) is 11.5 Å². The summed E-state index contributed by atoms with van der Waals surface area (Å²) in [6, 6.07) is 15.6. The Morgan fingerprint density at radius 2 is 1.88 bits per heavy atom. The Bertz CT molecular complexity index is 926. The average Bonchev–Trinajstić information content (AvgIpc) is 3.02. The van der Waals surface area contributed by atoms with E-state index in [9.17, 15) is 9.59 Å². The van der Waals surface area contributed by atoms with Gasteiger partial charge in [0.1, 0.15) is 5.75 Å². The summed E-state index contributed by atoms with van der Waals surface area (Å²) in [5.74, 6) is 5.40. The highest BCUT2D eigenvalue weighted by Crippen LogP contribution is 2.30. The Morgan fingerprint density at radius 3 is 2.54 bits per heavy atom. The quantitative estimate of drug-likeness (QED) is 0.384. The minimum Gasteiger partial charge on any atom is -0.496 e. The van der Waals surface area contributed by atoms with Crippen molar-refractivity contribution in [1.82, 2.24) is 15.2 Å². The number of nitrogens with zero attached hydrogens (tertiary/aromatic N) is 1. The summed E-state index contributed by atoms with van der Waals surface area (Å²) in [4.78, 5) is 23.4. The molecule has 2 aromatic carbocycles. The molecular weight excluding hydrogens is 308 g/mol. The van der Waals surface area contributed by atoms with Crippen LogP contribution >= 0.6 is 0 Å². The van der Waals surface area contributed by atoms with E-state index in [1.807, 2.05) is 24.3 Å². The minimum atomic E-state index is -0.382. The Hall–Kier alpha value is -3.32. The number of hydrogen-bond donors (Lipinski definition) is 3. The molecule has 4 N–H and O–H groups in total. The van der Waals surface area contributed by atoms with E-state index in [1.165, 1.54) is 6.07 Å². The van der Waals surface area contributed by atoms with Crippen LogP contribution in [0.4, 0.5) is 0 Å². The van der Waals surface area contributed by atoms with E-state index in [1.54, 1.807) is 36.1 Å². The van der Waals surface area contributed by atoms with Crippen LogP contribution < -0.4 is 21.6 Å². The number of aromatic nitrogens is 2. The van der Waals surface area contributed by atoms with Crippen LogP contribution in [0, 0.1) is 0 Å². The van der Waals surface area contributed by atoms with Crippen molar-refractivity contribution in [2.75, 3.05) is 7.11 Å². The molecule has 0 radical (unpaired) electrons. The molecule has 0 aliphatic heterocycles. The molecule has 0 saturated carbocycles. The van der Waals surface area contributed by atoms with Crippen molar-refractivity contribution in [3.8, 4) is 22.7 Å². The van der Waals surface area contributed by atoms with Crippen LogP contribution in [0.2, 0.25) is 0 Å². The molecule has 0 aliphatic carbocycles. The van der Waals surface area contributed by atoms with Gasteiger partial charge < -0.3 is 4.74 Å². The summed E-state index contributed by atoms with van der Waals surface area (Å²) in [6.45, 7) is 0. The van der Waals surface area contributed by atoms with Crippen molar-refractivity contribution in [2.24, 2.45) is 5.84 Å². The van der Waals surface area contributed by atoms with E-state index in [0.29, 0.717) is 22.7 Å². The lowest BCUT2D eigenvalue weighted by Gasteiger charge is -2.12. The molecule has 1 heterocycles. The van der Waals surface area contributed by atoms with Crippen LogP contribution in [-0.4, -0.2) is 22.8 Å². The smallest absolute Gasteiger partial charge is 0.265 e. The number of ether oxygens (including phenoxy) is 1. The molecule has 7 heteroatoms. The molecule has 3 rings (SSSR count). The highest BCUT2D eigenvalue weighted by atomic mass is 16.5. The van der Waals surface area contributed by atoms with Crippen molar-refractivity contribution in [3.63, 3.8) is 0 Å². The molecule has 0 atom stereocenters. The Balaban J connectivity index is 2.10. The second-order valence-corrected chi connectivity index (χ2v) is 5.06. The van der Waals surface area contributed by atoms with Crippen LogP contribution in [0.25, 0.3) is 16.9 Å². The van der Waals surface area contributed by atoms with Gasteiger partial charge in [0.2, 0.25) is 0 Å². The summed E-state index contributed by atoms with van der Waals surface area (Å²) in [7, 11) is 1.58. The number of nitrogens with one attached hydrogen (secondary N) is 2. The summed E-state index contributed by atoms with van der Waals surface area (Å²) < 4.78 is 7.01. The van der Waals surface area contributed by atoms with Gasteiger partial charge >= 0.3 is 0 Å². The number of nitrogens with two attached hydrogens (primary N) is 1. The molecule has 0 fully saturated rings. The number of benzene rings is 2. The van der Waals surface area contributed by atoms with Gasteiger partial charge in [-0.3, -0.25) is 24.8 Å². The van der Waals surface area contributed by atoms with Crippen molar-refractivity contribution >= 4 is 5.91 Å². The van der Waals surface area contributed by atoms with E-state index in [2.05, 4.69) is 10.5 Å². The maximum Gasteiger partial charge on any atom is 0.265 e. The third-order valence-corrected chi connectivity index (χ3v) is 3.63. The van der Waals surface area contributed by atoms with Crippen molar-refractivity contribution in [2.45, 2.75) is 0 Å². The van der Waals surface area contributed by atoms with Gasteiger partial charge in [0, 0.05) is 17.2 Å². The lowest BCUT2D eigenvalue weighted by Crippen LogP contribution is -2.29. The predicted molar refractivity (Wildman–Crippen MR) is 90.0 cm³/mol. The van der Waals surface area contributed by atoms with Gasteiger partial charge in [-0.05, 0) is 36.4 Å². The standard InChI is InChI=1S/C17H16N4O3/c1-24-15-5-3-2-4-13(15)14-10-16(22)20-21(14)12-8-6-11(7-9-12)17(23)19-18/h2-10H,18H2,1H3,(H,19,23)(H,20,22). The highest BCUT2D eigenvalue weighted by Gasteiger charge is 2.13. The zero-order valence-electron chi connectivity index (χ0n) is 12.9. The first-order chi connectivity index (χ1) is 11.6. The monoisotopic (exact) mass is 324 g/mol. The van der Waals surface area contributed by atoms with Crippen molar-refractivity contribution < 1.29 is 9.53 Å². The maximum absolute atomic E-state index is 11.9. The Kier molecular flexibility index (Phi) is 4.17. The van der Waals surface area contributed by atoms with Crippen LogP contribution in [0.1, 0.15) is 10.4 Å². The average molecular weight is 324 g/mol. The SMILES string of the molecule is COc1ccccc1-c1cc(=O)[nH]n1-c1ccc(C(=O)NN)cc1. The largest absolute Gasteiger partial charge is 0.496 e. The van der Waals surface area contributed by atoms with Gasteiger partial charge in [0.15, 0.2) is 0 Å². The van der Waals surface area contributed by atoms with Gasteiger partial charge in [-0.1, -0.05) is 12.1 Å². The van der Waals surface area contributed by atoms with E-state index < -0.39 is 0 Å². The molecule has 0 spiro atoms. The number of carbonyl (C=O) groups excluding carboxylic acids is 1. The number of H-pyrrole nitrogens is 1. The van der Waals surface area contributed by atoms with Gasteiger partial charge in [0.05, 0.1) is 18.5 Å². The first-order valence-electron chi connectivity index (χ1n) is 7.21. The molecule has 7 nitrogen and oxygen atoms in total. The lowest BCUT2D eigenvalue weighted by atomic mass is 10.1. The predicted octanol–water partition coefficient (Wildman–Crippen LogP) is 1.44. The van der Waals surface area contributed by atoms with Crippen molar-refractivity contribution in [1.29, 1.82) is 0 Å². The van der Waals surface area contributed by atoms with Gasteiger partial charge in [-0.25, -0.2) is 5.84 Å². The summed E-state index contributed by atoms with van der Waals surface area (Å²) >= 11 is 0. The fourth-order valence-corrected chi connectivity index (χ4v) is 2.49. The summed E-state index contributed by atoms with van der Waals surface area (Å²) in [6.07, 6.45) is 0. The van der Waals surface area contributed by atoms with Crippen LogP contribution in [0.5, 0.6) is 5.75 Å². The Morgan fingerprint density at radius 1 is 1.17 bits per heavy atom. The molecule has 0 bridgehead atoms. The van der Waals surface area contributed by atoms with Crippen LogP contribution in [0.3, 0.4) is 0 Å². The zero-order chi connectivity index (χ0) is 17.1. The second kappa shape index (κ2) is 6.43. The first-order valence-corrected chi connectivity index (χ1v) is 7.21. The van der Waals surface area contributed by atoms with Gasteiger partial charge in [0.25, 0.3) is 11.5 Å². The fourth-order valence-electron chi connectivity index (χ4n) is 2.49. The lowest BCUT2D eigenvalue weighted by molar-refractivity contribution is 0.0953. The number of carbonyl (C=O) groups is 1. The molecule has 0 unspecified atom stereocenters. The minimum absolute atomic E-state index is 0.236. The van der Waals surface area contributed by atoms with Gasteiger partial charge in [-0.2, -0.15) is 0 Å². The summed E-state index contributed by atoms with van der Waals surface area (Å²) in [5, 5.41) is 2.75. The zero-order valence-corrected chi connectivity index (χ0v) is 12.9.